The summed E-state index contributed by atoms with van der Waals surface area (Å²) in [5, 5.41) is 7.40. The molecular weight excluding hydrogens is 270 g/mol. The third-order valence-corrected chi connectivity index (χ3v) is 3.49. The number of hydrogen-bond donors (Lipinski definition) is 1. The van der Waals surface area contributed by atoms with E-state index >= 15 is 0 Å². The van der Waals surface area contributed by atoms with E-state index in [1.165, 1.54) is 4.68 Å². The Morgan fingerprint density at radius 2 is 2.44 bits per heavy atom. The summed E-state index contributed by atoms with van der Waals surface area (Å²) >= 11 is 3.31. The first-order valence-corrected chi connectivity index (χ1v) is 6.00. The van der Waals surface area contributed by atoms with Crippen molar-refractivity contribution in [2.75, 3.05) is 5.32 Å². The fourth-order valence-electron chi connectivity index (χ4n) is 1.44. The summed E-state index contributed by atoms with van der Waals surface area (Å²) < 4.78 is 1.91. The van der Waals surface area contributed by atoms with Crippen LogP contribution in [-0.4, -0.2) is 15.3 Å². The summed E-state index contributed by atoms with van der Waals surface area (Å²) in [4.78, 5) is 11.9. The highest BCUT2D eigenvalue weighted by Gasteiger charge is 2.37. The standard InChI is InChI=1S/C11H14BrN3O/c1-3-6-15-10(16)9(12)8(7-13-15)14-11(2)4-5-11/h3,7,14H,1,4-6H2,2H3. The van der Waals surface area contributed by atoms with Crippen molar-refractivity contribution in [1.29, 1.82) is 0 Å². The lowest BCUT2D eigenvalue weighted by molar-refractivity contribution is 0.647. The third-order valence-electron chi connectivity index (χ3n) is 2.72. The fraction of sp³-hybridized carbons (Fsp3) is 0.455. The summed E-state index contributed by atoms with van der Waals surface area (Å²) in [5.74, 6) is 0. The number of aromatic nitrogens is 2. The molecule has 5 heteroatoms. The van der Waals surface area contributed by atoms with Crippen molar-refractivity contribution >= 4 is 21.6 Å². The van der Waals surface area contributed by atoms with Crippen LogP contribution in [0.25, 0.3) is 0 Å². The zero-order chi connectivity index (χ0) is 11.8. The van der Waals surface area contributed by atoms with Gasteiger partial charge in [0.2, 0.25) is 0 Å². The molecule has 0 unspecified atom stereocenters. The molecule has 0 aliphatic heterocycles. The molecule has 16 heavy (non-hydrogen) atoms. The molecule has 1 saturated carbocycles. The molecule has 0 aromatic carbocycles. The maximum absolute atomic E-state index is 11.9. The Labute approximate surface area is 102 Å². The lowest BCUT2D eigenvalue weighted by atomic mass is 10.3. The van der Waals surface area contributed by atoms with Gasteiger partial charge in [-0.2, -0.15) is 5.10 Å². The van der Waals surface area contributed by atoms with Crippen molar-refractivity contribution in [2.45, 2.75) is 31.8 Å². The molecule has 1 aliphatic rings. The Hall–Kier alpha value is -1.10. The van der Waals surface area contributed by atoms with Crippen LogP contribution >= 0.6 is 15.9 Å². The molecule has 0 radical (unpaired) electrons. The monoisotopic (exact) mass is 283 g/mol. The molecule has 1 aromatic rings. The van der Waals surface area contributed by atoms with Gasteiger partial charge in [0.25, 0.3) is 5.56 Å². The first kappa shape index (κ1) is 11.4. The van der Waals surface area contributed by atoms with Gasteiger partial charge in [-0.25, -0.2) is 4.68 Å². The van der Waals surface area contributed by atoms with E-state index in [0.29, 0.717) is 11.0 Å². The van der Waals surface area contributed by atoms with E-state index in [1.807, 2.05) is 0 Å². The fourth-order valence-corrected chi connectivity index (χ4v) is 1.85. The van der Waals surface area contributed by atoms with Crippen LogP contribution < -0.4 is 10.9 Å². The van der Waals surface area contributed by atoms with E-state index in [0.717, 1.165) is 18.5 Å². The molecule has 0 spiro atoms. The van der Waals surface area contributed by atoms with Crippen LogP contribution in [0.3, 0.4) is 0 Å². The Balaban J connectivity index is 2.31. The highest BCUT2D eigenvalue weighted by Crippen LogP contribution is 2.38. The number of allylic oxidation sites excluding steroid dienone is 1. The second-order valence-corrected chi connectivity index (χ2v) is 5.13. The van der Waals surface area contributed by atoms with Gasteiger partial charge in [-0.05, 0) is 35.7 Å². The van der Waals surface area contributed by atoms with E-state index in [9.17, 15) is 4.79 Å². The summed E-state index contributed by atoms with van der Waals surface area (Å²) in [6.45, 7) is 6.15. The smallest absolute Gasteiger partial charge is 0.283 e. The first-order valence-electron chi connectivity index (χ1n) is 5.20. The minimum absolute atomic E-state index is 0.130. The summed E-state index contributed by atoms with van der Waals surface area (Å²) in [6, 6.07) is 0. The van der Waals surface area contributed by atoms with Crippen LogP contribution in [0.1, 0.15) is 19.8 Å². The number of anilines is 1. The number of hydrogen-bond acceptors (Lipinski definition) is 3. The second-order valence-electron chi connectivity index (χ2n) is 4.33. The Kier molecular flexibility index (Phi) is 2.88. The molecule has 0 saturated heterocycles. The number of nitrogens with zero attached hydrogens (tertiary/aromatic N) is 2. The van der Waals surface area contributed by atoms with Crippen molar-refractivity contribution in [3.63, 3.8) is 0 Å². The lowest BCUT2D eigenvalue weighted by Gasteiger charge is -2.14. The Morgan fingerprint density at radius 3 is 3.00 bits per heavy atom. The highest BCUT2D eigenvalue weighted by atomic mass is 79.9. The molecule has 4 nitrogen and oxygen atoms in total. The van der Waals surface area contributed by atoms with Gasteiger partial charge in [-0.15, -0.1) is 6.58 Å². The molecule has 0 atom stereocenters. The second kappa shape index (κ2) is 4.05. The van der Waals surface area contributed by atoms with Crippen LogP contribution in [0, 0.1) is 0 Å². The predicted molar refractivity (Wildman–Crippen MR) is 67.7 cm³/mol. The normalized spacial score (nSPS) is 16.9. The average molecular weight is 284 g/mol. The van der Waals surface area contributed by atoms with Crippen molar-refractivity contribution in [3.05, 3.63) is 33.7 Å². The summed E-state index contributed by atoms with van der Waals surface area (Å²) in [6.07, 6.45) is 5.60. The molecule has 1 fully saturated rings. The largest absolute Gasteiger partial charge is 0.378 e. The molecule has 1 aliphatic carbocycles. The summed E-state index contributed by atoms with van der Waals surface area (Å²) in [7, 11) is 0. The van der Waals surface area contributed by atoms with Gasteiger partial charge < -0.3 is 5.32 Å². The third kappa shape index (κ3) is 2.19. The van der Waals surface area contributed by atoms with Crippen LogP contribution in [0.4, 0.5) is 5.69 Å². The van der Waals surface area contributed by atoms with E-state index in [-0.39, 0.29) is 11.1 Å². The van der Waals surface area contributed by atoms with E-state index in [1.54, 1.807) is 12.3 Å². The maximum Gasteiger partial charge on any atom is 0.283 e. The maximum atomic E-state index is 11.9. The zero-order valence-electron chi connectivity index (χ0n) is 9.16. The SMILES string of the molecule is C=CCn1ncc(NC2(C)CC2)c(Br)c1=O. The zero-order valence-corrected chi connectivity index (χ0v) is 10.7. The van der Waals surface area contributed by atoms with Gasteiger partial charge >= 0.3 is 0 Å². The quantitative estimate of drug-likeness (QED) is 0.862. The van der Waals surface area contributed by atoms with Crippen LogP contribution in [-0.2, 0) is 6.54 Å². The Morgan fingerprint density at radius 1 is 1.75 bits per heavy atom. The summed E-state index contributed by atoms with van der Waals surface area (Å²) in [5.41, 5.74) is 0.779. The first-order chi connectivity index (χ1) is 7.56. The highest BCUT2D eigenvalue weighted by molar-refractivity contribution is 9.10. The molecule has 0 bridgehead atoms. The van der Waals surface area contributed by atoms with E-state index in [4.69, 9.17) is 0 Å². The van der Waals surface area contributed by atoms with Crippen LogP contribution in [0.15, 0.2) is 28.1 Å². The van der Waals surface area contributed by atoms with E-state index in [2.05, 4.69) is 39.8 Å². The van der Waals surface area contributed by atoms with Crippen molar-refractivity contribution in [1.82, 2.24) is 9.78 Å². The molecule has 86 valence electrons. The number of nitrogens with one attached hydrogen (secondary N) is 1. The topological polar surface area (TPSA) is 46.9 Å². The molecule has 1 heterocycles. The lowest BCUT2D eigenvalue weighted by Crippen LogP contribution is -2.26. The Bertz CT molecular complexity index is 477. The number of rotatable bonds is 4. The molecule has 0 amide bonds. The molecule has 2 rings (SSSR count). The van der Waals surface area contributed by atoms with Crippen LogP contribution in [0.5, 0.6) is 0 Å². The van der Waals surface area contributed by atoms with Gasteiger partial charge in [-0.3, -0.25) is 4.79 Å². The van der Waals surface area contributed by atoms with Gasteiger partial charge in [-0.1, -0.05) is 6.08 Å². The van der Waals surface area contributed by atoms with Crippen molar-refractivity contribution < 1.29 is 0 Å². The minimum atomic E-state index is -0.130. The van der Waals surface area contributed by atoms with E-state index < -0.39 is 0 Å². The van der Waals surface area contributed by atoms with Crippen molar-refractivity contribution in [3.8, 4) is 0 Å². The molecule has 1 aromatic heterocycles. The predicted octanol–water partition coefficient (Wildman–Crippen LogP) is 2.16. The van der Waals surface area contributed by atoms with Gasteiger partial charge in [0.1, 0.15) is 4.47 Å². The van der Waals surface area contributed by atoms with Crippen molar-refractivity contribution in [2.24, 2.45) is 0 Å². The molecule has 1 N–H and O–H groups in total. The average Bonchev–Trinajstić information content (AvgIpc) is 2.97. The van der Waals surface area contributed by atoms with Gasteiger partial charge in [0.05, 0.1) is 18.4 Å². The number of halogens is 1. The minimum Gasteiger partial charge on any atom is -0.378 e. The van der Waals surface area contributed by atoms with Gasteiger partial charge in [0, 0.05) is 5.54 Å². The molecular formula is C11H14BrN3O. The van der Waals surface area contributed by atoms with Crippen LogP contribution in [0.2, 0.25) is 0 Å². The van der Waals surface area contributed by atoms with Gasteiger partial charge in [0.15, 0.2) is 0 Å².